The number of rotatable bonds is 2. The summed E-state index contributed by atoms with van der Waals surface area (Å²) >= 11 is 0. The van der Waals surface area contributed by atoms with Crippen molar-refractivity contribution in [3.8, 4) is 11.5 Å². The third kappa shape index (κ3) is 3.02. The van der Waals surface area contributed by atoms with Crippen molar-refractivity contribution in [2.75, 3.05) is 20.2 Å². The summed E-state index contributed by atoms with van der Waals surface area (Å²) in [6.07, 6.45) is 7.36. The molecule has 0 unspecified atom stereocenters. The Morgan fingerprint density at radius 1 is 1.15 bits per heavy atom. The van der Waals surface area contributed by atoms with Gasteiger partial charge in [0.1, 0.15) is 12.2 Å². The maximum Gasteiger partial charge on any atom is 0.165 e. The lowest BCUT2D eigenvalue weighted by Crippen LogP contribution is -2.64. The van der Waals surface area contributed by atoms with E-state index < -0.39 is 6.10 Å². The minimum Gasteiger partial charge on any atom is -0.490 e. The number of pyridine rings is 1. The van der Waals surface area contributed by atoms with Gasteiger partial charge in [0, 0.05) is 34.5 Å². The molecule has 1 N–H and O–H groups in total. The second-order valence-corrected chi connectivity index (χ2v) is 9.54. The molecule has 3 heterocycles. The minimum atomic E-state index is -0.539. The van der Waals surface area contributed by atoms with Gasteiger partial charge in [-0.3, -0.25) is 4.98 Å². The molecule has 2 aliphatic heterocycles. The van der Waals surface area contributed by atoms with Gasteiger partial charge in [-0.1, -0.05) is 42.5 Å². The van der Waals surface area contributed by atoms with E-state index in [4.69, 9.17) is 9.47 Å². The third-order valence-electron chi connectivity index (χ3n) is 7.95. The highest BCUT2D eigenvalue weighted by atomic mass is 16.5. The highest BCUT2D eigenvalue weighted by Gasteiger charge is 2.64. The van der Waals surface area contributed by atoms with Crippen LogP contribution in [0, 0.1) is 5.92 Å². The van der Waals surface area contributed by atoms with Crippen LogP contribution in [0.1, 0.15) is 24.5 Å². The number of hydrogen-bond acceptors (Lipinski definition) is 5. The number of aliphatic hydroxyl groups excluding tert-OH is 1. The number of aromatic nitrogens is 1. The molecule has 1 saturated heterocycles. The summed E-state index contributed by atoms with van der Waals surface area (Å²) in [4.78, 5) is 6.66. The van der Waals surface area contributed by atoms with Crippen LogP contribution in [-0.2, 0) is 11.8 Å². The average Bonchev–Trinajstić information content (AvgIpc) is 3.20. The zero-order valence-corrected chi connectivity index (χ0v) is 19.1. The van der Waals surface area contributed by atoms with E-state index in [1.54, 1.807) is 0 Å². The number of likely N-dealkylation sites (N-methyl/N-ethyl adjacent to an activating group) is 1. The van der Waals surface area contributed by atoms with Crippen LogP contribution >= 0.6 is 0 Å². The first-order valence-corrected chi connectivity index (χ1v) is 12.0. The summed E-state index contributed by atoms with van der Waals surface area (Å²) in [5.74, 6) is 2.14. The van der Waals surface area contributed by atoms with E-state index in [9.17, 15) is 5.11 Å². The van der Waals surface area contributed by atoms with Crippen LogP contribution in [0.4, 0.5) is 0 Å². The Morgan fingerprint density at radius 3 is 2.85 bits per heavy atom. The van der Waals surface area contributed by atoms with E-state index in [0.717, 1.165) is 36.4 Å². The Labute approximate surface area is 194 Å². The molecule has 2 aliphatic carbocycles. The van der Waals surface area contributed by atoms with E-state index in [1.807, 2.05) is 49.5 Å². The molecule has 5 heteroatoms. The molecule has 2 bridgehead atoms. The monoisotopic (exact) mass is 442 g/mol. The van der Waals surface area contributed by atoms with Crippen LogP contribution in [0.5, 0.6) is 11.5 Å². The van der Waals surface area contributed by atoms with Crippen LogP contribution in [0.2, 0.25) is 0 Å². The molecule has 7 rings (SSSR count). The minimum absolute atomic E-state index is 0.0820. The summed E-state index contributed by atoms with van der Waals surface area (Å²) in [6.45, 7) is 3.68. The normalized spacial score (nSPS) is 30.8. The van der Waals surface area contributed by atoms with Crippen LogP contribution in [0.25, 0.3) is 10.9 Å². The van der Waals surface area contributed by atoms with Crippen LogP contribution in [0.15, 0.2) is 66.9 Å². The third-order valence-corrected chi connectivity index (χ3v) is 7.95. The fourth-order valence-electron chi connectivity index (χ4n) is 6.51. The summed E-state index contributed by atoms with van der Waals surface area (Å²) < 4.78 is 12.2. The van der Waals surface area contributed by atoms with E-state index in [1.165, 1.54) is 16.5 Å². The van der Waals surface area contributed by atoms with Crippen molar-refractivity contribution in [1.29, 1.82) is 0 Å². The highest BCUT2D eigenvalue weighted by molar-refractivity contribution is 5.77. The maximum atomic E-state index is 10.6. The fraction of sp³-hybridized carbons (Fsp3) is 0.393. The average molecular weight is 443 g/mol. The lowest BCUT2D eigenvalue weighted by molar-refractivity contribution is -0.0453. The molecule has 4 aliphatic rings. The first-order chi connectivity index (χ1) is 16.1. The molecular formula is C28H30N2O3. The number of ether oxygens (including phenoxy) is 2. The summed E-state index contributed by atoms with van der Waals surface area (Å²) in [5.41, 5.74) is 3.68. The lowest BCUT2D eigenvalue weighted by atomic mass is 9.53. The number of fused-ring (bicyclic) bond motifs is 1. The smallest absolute Gasteiger partial charge is 0.165 e. The van der Waals surface area contributed by atoms with Crippen molar-refractivity contribution in [3.05, 3.63) is 78.0 Å². The molecule has 33 heavy (non-hydrogen) atoms. The van der Waals surface area contributed by atoms with Gasteiger partial charge in [-0.25, -0.2) is 0 Å². The molecule has 170 valence electrons. The molecule has 0 saturated carbocycles. The number of nitrogens with zero attached hydrogens (tertiary/aromatic N) is 2. The Kier molecular flexibility index (Phi) is 4.93. The molecule has 2 aromatic carbocycles. The van der Waals surface area contributed by atoms with Gasteiger partial charge < -0.3 is 19.5 Å². The first kappa shape index (κ1) is 20.7. The molecule has 3 aromatic rings. The summed E-state index contributed by atoms with van der Waals surface area (Å²) in [7, 11) is 2.22. The first-order valence-electron chi connectivity index (χ1n) is 12.0. The van der Waals surface area contributed by atoms with Gasteiger partial charge in [0.25, 0.3) is 0 Å². The van der Waals surface area contributed by atoms with Crippen molar-refractivity contribution in [3.63, 3.8) is 0 Å². The largest absolute Gasteiger partial charge is 0.490 e. The van der Waals surface area contributed by atoms with Gasteiger partial charge in [-0.15, -0.1) is 0 Å². The number of piperidine rings is 1. The quantitative estimate of drug-likeness (QED) is 0.605. The molecule has 5 atom stereocenters. The van der Waals surface area contributed by atoms with Gasteiger partial charge >= 0.3 is 0 Å². The number of aliphatic hydroxyl groups is 1. The predicted molar refractivity (Wildman–Crippen MR) is 129 cm³/mol. The number of hydrogen-bond donors (Lipinski definition) is 1. The fourth-order valence-corrected chi connectivity index (χ4v) is 6.51. The second-order valence-electron chi connectivity index (χ2n) is 9.54. The topological polar surface area (TPSA) is 54.8 Å². The van der Waals surface area contributed by atoms with Crippen molar-refractivity contribution in [2.24, 2.45) is 5.92 Å². The Balaban J connectivity index is 0.000000173. The molecule has 1 aromatic heterocycles. The second kappa shape index (κ2) is 7.86. The van der Waals surface area contributed by atoms with Crippen LogP contribution < -0.4 is 9.47 Å². The van der Waals surface area contributed by atoms with Gasteiger partial charge in [0.05, 0.1) is 12.1 Å². The van der Waals surface area contributed by atoms with Gasteiger partial charge in [-0.05, 0) is 57.1 Å². The molecule has 1 fully saturated rings. The molecular weight excluding hydrogens is 412 g/mol. The number of likely N-dealkylation sites (tertiary alicyclic amines) is 1. The Bertz CT molecular complexity index is 1160. The molecule has 5 nitrogen and oxygen atoms in total. The highest BCUT2D eigenvalue weighted by Crippen LogP contribution is 2.62. The van der Waals surface area contributed by atoms with E-state index in [0.29, 0.717) is 18.6 Å². The molecule has 0 amide bonds. The maximum absolute atomic E-state index is 10.6. The lowest BCUT2D eigenvalue weighted by Gasteiger charge is -2.56. The molecule has 0 radical (unpaired) electrons. The van der Waals surface area contributed by atoms with Crippen LogP contribution in [-0.4, -0.2) is 53.4 Å². The van der Waals surface area contributed by atoms with Gasteiger partial charge in [0.2, 0.25) is 0 Å². The standard InChI is InChI=1S/C19H23NO3.C9H7N/c1-3-22-15-7-4-11-10-13-12-5-6-14(21)18-19(12,8-9-20(13)2)16(11)17(15)23-18;1-2-6-9-8(4-1)5-3-7-10-9/h4-7,12-14,18,21H,3,8-10H2,1-2H3;1-7H/t12-,13+,14-,18-,19-;/m0./s1. The van der Waals surface area contributed by atoms with E-state index in [-0.39, 0.29) is 11.5 Å². The zero-order valence-electron chi connectivity index (χ0n) is 19.1. The van der Waals surface area contributed by atoms with Crippen molar-refractivity contribution in [1.82, 2.24) is 9.88 Å². The number of benzene rings is 2. The van der Waals surface area contributed by atoms with Gasteiger partial charge in [-0.2, -0.15) is 0 Å². The Hall–Kier alpha value is -2.89. The zero-order chi connectivity index (χ0) is 22.6. The van der Waals surface area contributed by atoms with E-state index >= 15 is 0 Å². The predicted octanol–water partition coefficient (Wildman–Crippen LogP) is 4.13. The van der Waals surface area contributed by atoms with Crippen LogP contribution in [0.3, 0.4) is 0 Å². The van der Waals surface area contributed by atoms with Crippen molar-refractivity contribution < 1.29 is 14.6 Å². The summed E-state index contributed by atoms with van der Waals surface area (Å²) in [6, 6.07) is 16.8. The van der Waals surface area contributed by atoms with Crippen molar-refractivity contribution in [2.45, 2.75) is 43.4 Å². The van der Waals surface area contributed by atoms with Crippen molar-refractivity contribution >= 4 is 10.9 Å². The molecule has 1 spiro atoms. The number of para-hydroxylation sites is 1. The van der Waals surface area contributed by atoms with Gasteiger partial charge in [0.15, 0.2) is 11.5 Å². The Morgan fingerprint density at radius 2 is 2.00 bits per heavy atom. The summed E-state index contributed by atoms with van der Waals surface area (Å²) in [5, 5.41) is 11.8. The van der Waals surface area contributed by atoms with E-state index in [2.05, 4.69) is 41.2 Å². The SMILES string of the molecule is CCOc1ccc2c3c1O[C@H]1[C@@H](O)C=C[C@H]4[C@@H](C2)N(C)CC[C@@]341.c1ccc2ncccc2c1.